The Morgan fingerprint density at radius 3 is 2.68 bits per heavy atom. The van der Waals surface area contributed by atoms with Gasteiger partial charge >= 0.3 is 0 Å². The number of rotatable bonds is 6. The third-order valence-electron chi connectivity index (χ3n) is 3.01. The number of halogens is 2. The lowest BCUT2D eigenvalue weighted by Crippen LogP contribution is -2.13. The lowest BCUT2D eigenvalue weighted by atomic mass is 10.2. The van der Waals surface area contributed by atoms with Crippen LogP contribution in [0.25, 0.3) is 0 Å². The van der Waals surface area contributed by atoms with Crippen LogP contribution in [0, 0.1) is 0 Å². The van der Waals surface area contributed by atoms with E-state index in [1.165, 1.54) is 6.33 Å². The molecule has 5 nitrogen and oxygen atoms in total. The number of nitrogens with zero attached hydrogens (tertiary/aromatic N) is 5. The molecule has 2 aromatic heterocycles. The van der Waals surface area contributed by atoms with E-state index in [2.05, 4.69) is 45.0 Å². The van der Waals surface area contributed by atoms with Gasteiger partial charge in [-0.25, -0.2) is 14.1 Å². The zero-order valence-corrected chi connectivity index (χ0v) is 12.7. The van der Waals surface area contributed by atoms with E-state index in [0.717, 1.165) is 34.5 Å². The molecule has 0 saturated heterocycles. The van der Waals surface area contributed by atoms with Gasteiger partial charge in [0.1, 0.15) is 25.4 Å². The van der Waals surface area contributed by atoms with Crippen LogP contribution >= 0.6 is 15.9 Å². The van der Waals surface area contributed by atoms with E-state index in [-0.39, 0.29) is 6.54 Å². The Kier molecular flexibility index (Phi) is 4.68. The predicted octanol–water partition coefficient (Wildman–Crippen LogP) is 2.38. The number of aromatic nitrogens is 5. The maximum absolute atomic E-state index is 12.4. The second kappa shape index (κ2) is 6.27. The third-order valence-corrected chi connectivity index (χ3v) is 3.93. The van der Waals surface area contributed by atoms with Crippen LogP contribution in [0.4, 0.5) is 4.39 Å². The van der Waals surface area contributed by atoms with Crippen LogP contribution in [0.5, 0.6) is 0 Å². The number of aryl methyl sites for hydroxylation is 2. The molecule has 0 aliphatic carbocycles. The molecule has 19 heavy (non-hydrogen) atoms. The molecule has 0 radical (unpaired) electrons. The summed E-state index contributed by atoms with van der Waals surface area (Å²) >= 11 is 3.59. The SMILES string of the molecule is CCc1nn(Cc2ncnn2CCF)c(CC)c1Br. The number of alkyl halides is 1. The summed E-state index contributed by atoms with van der Waals surface area (Å²) in [5.41, 5.74) is 2.17. The fourth-order valence-electron chi connectivity index (χ4n) is 2.04. The molecule has 0 aromatic carbocycles. The van der Waals surface area contributed by atoms with Gasteiger partial charge in [0.25, 0.3) is 0 Å². The highest BCUT2D eigenvalue weighted by Crippen LogP contribution is 2.23. The maximum Gasteiger partial charge on any atom is 0.148 e. The van der Waals surface area contributed by atoms with E-state index < -0.39 is 6.67 Å². The quantitative estimate of drug-likeness (QED) is 0.817. The highest BCUT2D eigenvalue weighted by molar-refractivity contribution is 9.10. The van der Waals surface area contributed by atoms with Crippen molar-refractivity contribution in [3.05, 3.63) is 28.0 Å². The van der Waals surface area contributed by atoms with E-state index in [9.17, 15) is 4.39 Å². The van der Waals surface area contributed by atoms with Gasteiger partial charge in [-0.15, -0.1) is 0 Å². The smallest absolute Gasteiger partial charge is 0.148 e. The fourth-order valence-corrected chi connectivity index (χ4v) is 2.88. The molecule has 0 aliphatic rings. The van der Waals surface area contributed by atoms with E-state index >= 15 is 0 Å². The van der Waals surface area contributed by atoms with Crippen molar-refractivity contribution in [3.8, 4) is 0 Å². The van der Waals surface area contributed by atoms with Crippen LogP contribution in [0.2, 0.25) is 0 Å². The predicted molar refractivity (Wildman–Crippen MR) is 73.8 cm³/mol. The molecule has 0 N–H and O–H groups in total. The summed E-state index contributed by atoms with van der Waals surface area (Å²) < 4.78 is 17.0. The Morgan fingerprint density at radius 1 is 1.26 bits per heavy atom. The van der Waals surface area contributed by atoms with Crippen LogP contribution in [-0.2, 0) is 25.9 Å². The first-order chi connectivity index (χ1) is 9.21. The summed E-state index contributed by atoms with van der Waals surface area (Å²) in [5, 5.41) is 8.59. The standard InChI is InChI=1S/C12H17BrFN5/c1-3-9-12(13)10(4-2)19(17-9)7-11-15-8-16-18(11)6-5-14/h8H,3-7H2,1-2H3. The average molecular weight is 330 g/mol. The van der Waals surface area contributed by atoms with E-state index in [1.807, 2.05) is 4.68 Å². The molecule has 0 bridgehead atoms. The molecule has 7 heteroatoms. The van der Waals surface area contributed by atoms with Gasteiger partial charge in [-0.3, -0.25) is 4.68 Å². The highest BCUT2D eigenvalue weighted by Gasteiger charge is 2.15. The lowest BCUT2D eigenvalue weighted by molar-refractivity contribution is 0.414. The molecular weight excluding hydrogens is 313 g/mol. The molecule has 0 fully saturated rings. The van der Waals surface area contributed by atoms with Gasteiger partial charge in [0, 0.05) is 0 Å². The van der Waals surface area contributed by atoms with Gasteiger partial charge in [-0.2, -0.15) is 10.2 Å². The molecule has 104 valence electrons. The van der Waals surface area contributed by atoms with E-state index in [0.29, 0.717) is 6.54 Å². The van der Waals surface area contributed by atoms with Crippen molar-refractivity contribution in [1.82, 2.24) is 24.5 Å². The van der Waals surface area contributed by atoms with Crippen molar-refractivity contribution in [3.63, 3.8) is 0 Å². The molecule has 0 unspecified atom stereocenters. The largest absolute Gasteiger partial charge is 0.261 e. The molecule has 0 aliphatic heterocycles. The van der Waals surface area contributed by atoms with Gasteiger partial charge in [0.05, 0.1) is 22.4 Å². The summed E-state index contributed by atoms with van der Waals surface area (Å²) in [7, 11) is 0. The zero-order chi connectivity index (χ0) is 13.8. The molecule has 0 atom stereocenters. The van der Waals surface area contributed by atoms with Crippen LogP contribution in [-0.4, -0.2) is 31.2 Å². The van der Waals surface area contributed by atoms with Gasteiger partial charge in [-0.05, 0) is 28.8 Å². The third kappa shape index (κ3) is 2.86. The second-order valence-corrected chi connectivity index (χ2v) is 4.95. The molecule has 2 aromatic rings. The summed E-state index contributed by atoms with van der Waals surface area (Å²) in [5.74, 6) is 0.727. The molecule has 2 heterocycles. The Hall–Kier alpha value is -1.24. The lowest BCUT2D eigenvalue weighted by Gasteiger charge is -2.07. The molecular formula is C12H17BrFN5. The summed E-state index contributed by atoms with van der Waals surface area (Å²) in [4.78, 5) is 4.18. The Morgan fingerprint density at radius 2 is 2.05 bits per heavy atom. The van der Waals surface area contributed by atoms with Crippen molar-refractivity contribution in [2.24, 2.45) is 0 Å². The van der Waals surface area contributed by atoms with Gasteiger partial charge in [0.2, 0.25) is 0 Å². The normalized spacial score (nSPS) is 11.2. The molecule has 0 amide bonds. The topological polar surface area (TPSA) is 48.5 Å². The zero-order valence-electron chi connectivity index (χ0n) is 11.1. The highest BCUT2D eigenvalue weighted by atomic mass is 79.9. The van der Waals surface area contributed by atoms with Crippen LogP contribution in [0.15, 0.2) is 10.8 Å². The van der Waals surface area contributed by atoms with Crippen LogP contribution in [0.3, 0.4) is 0 Å². The first kappa shape index (κ1) is 14.2. The van der Waals surface area contributed by atoms with E-state index in [4.69, 9.17) is 0 Å². The van der Waals surface area contributed by atoms with Crippen molar-refractivity contribution in [2.75, 3.05) is 6.67 Å². The second-order valence-electron chi connectivity index (χ2n) is 4.16. The van der Waals surface area contributed by atoms with Crippen molar-refractivity contribution >= 4 is 15.9 Å². The fraction of sp³-hybridized carbons (Fsp3) is 0.583. The van der Waals surface area contributed by atoms with Crippen molar-refractivity contribution in [2.45, 2.75) is 39.8 Å². The molecule has 2 rings (SSSR count). The van der Waals surface area contributed by atoms with Crippen LogP contribution in [0.1, 0.15) is 31.1 Å². The van der Waals surface area contributed by atoms with Gasteiger partial charge < -0.3 is 0 Å². The molecule has 0 saturated carbocycles. The monoisotopic (exact) mass is 329 g/mol. The number of hydrogen-bond donors (Lipinski definition) is 0. The summed E-state index contributed by atoms with van der Waals surface area (Å²) in [6.07, 6.45) is 3.21. The van der Waals surface area contributed by atoms with Crippen LogP contribution < -0.4 is 0 Å². The van der Waals surface area contributed by atoms with Crippen molar-refractivity contribution < 1.29 is 4.39 Å². The summed E-state index contributed by atoms with van der Waals surface area (Å²) in [6.45, 7) is 4.47. The Bertz CT molecular complexity index is 548. The van der Waals surface area contributed by atoms with E-state index in [1.54, 1.807) is 4.68 Å². The number of hydrogen-bond acceptors (Lipinski definition) is 3. The minimum atomic E-state index is -0.444. The minimum absolute atomic E-state index is 0.236. The first-order valence-corrected chi connectivity index (χ1v) is 7.17. The minimum Gasteiger partial charge on any atom is -0.261 e. The maximum atomic E-state index is 12.4. The van der Waals surface area contributed by atoms with Gasteiger partial charge in [-0.1, -0.05) is 13.8 Å². The first-order valence-electron chi connectivity index (χ1n) is 6.37. The molecule has 0 spiro atoms. The Labute approximate surface area is 120 Å². The Balaban J connectivity index is 2.29. The summed E-state index contributed by atoms with van der Waals surface area (Å²) in [6, 6.07) is 0. The average Bonchev–Trinajstić information content (AvgIpc) is 2.95. The van der Waals surface area contributed by atoms with Crippen molar-refractivity contribution in [1.29, 1.82) is 0 Å². The van der Waals surface area contributed by atoms with Gasteiger partial charge in [0.15, 0.2) is 0 Å².